The molecule has 0 aromatic heterocycles. The second kappa shape index (κ2) is 19.2. The average molecular weight is 741 g/mol. The number of imide groups is 1. The normalized spacial score (nSPS) is 16.7. The molecular formula is C39H56N4O8S. The highest BCUT2D eigenvalue weighted by Crippen LogP contribution is 2.36. The van der Waals surface area contributed by atoms with Crippen molar-refractivity contribution in [3.8, 4) is 5.75 Å². The second-order valence-corrected chi connectivity index (χ2v) is 15.8. The van der Waals surface area contributed by atoms with E-state index >= 15 is 0 Å². The zero-order chi connectivity index (χ0) is 37.7. The number of ether oxygens (including phenoxy) is 3. The summed E-state index contributed by atoms with van der Waals surface area (Å²) in [6.07, 6.45) is 12.0. The van der Waals surface area contributed by atoms with Crippen LogP contribution < -0.4 is 10.1 Å². The minimum atomic E-state index is -4.27. The number of cyclic esters (lactones) is 1. The number of aliphatic imine (C=N–C) groups is 1. The number of benzene rings is 2. The Morgan fingerprint density at radius 3 is 2.19 bits per heavy atom. The summed E-state index contributed by atoms with van der Waals surface area (Å²) in [5.74, 6) is -1.57. The number of unbranched alkanes of at least 4 members (excludes halogenated alkanes) is 9. The van der Waals surface area contributed by atoms with Gasteiger partial charge in [0.1, 0.15) is 10.6 Å². The highest BCUT2D eigenvalue weighted by atomic mass is 32.2. The molecule has 52 heavy (non-hydrogen) atoms. The van der Waals surface area contributed by atoms with Gasteiger partial charge in [0.05, 0.1) is 18.0 Å². The molecule has 0 aliphatic carbocycles. The van der Waals surface area contributed by atoms with Crippen LogP contribution in [0.2, 0.25) is 0 Å². The van der Waals surface area contributed by atoms with Crippen LogP contribution in [-0.2, 0) is 29.1 Å². The van der Waals surface area contributed by atoms with Crippen LogP contribution in [0.25, 0.3) is 0 Å². The number of amides is 3. The van der Waals surface area contributed by atoms with Crippen molar-refractivity contribution in [1.82, 2.24) is 9.21 Å². The number of fused-ring (bicyclic) bond motifs is 1. The summed E-state index contributed by atoms with van der Waals surface area (Å²) in [6, 6.07) is 9.63. The number of hydrogen-bond acceptors (Lipinski definition) is 9. The summed E-state index contributed by atoms with van der Waals surface area (Å²) in [5, 5.41) is 2.80. The average Bonchev–Trinajstić information content (AvgIpc) is 3.30. The Morgan fingerprint density at radius 1 is 0.885 bits per heavy atom. The number of hydrogen-bond donors (Lipinski definition) is 1. The van der Waals surface area contributed by atoms with Gasteiger partial charge in [-0.15, -0.1) is 0 Å². The van der Waals surface area contributed by atoms with Gasteiger partial charge in [0.2, 0.25) is 0 Å². The van der Waals surface area contributed by atoms with Crippen molar-refractivity contribution in [1.29, 1.82) is 0 Å². The molecule has 1 unspecified atom stereocenters. The first kappa shape index (κ1) is 40.8. The summed E-state index contributed by atoms with van der Waals surface area (Å²) in [4.78, 5) is 46.7. The van der Waals surface area contributed by atoms with Crippen LogP contribution in [0, 0.1) is 6.92 Å². The molecule has 2 aromatic rings. The van der Waals surface area contributed by atoms with E-state index in [1.54, 1.807) is 24.3 Å². The van der Waals surface area contributed by atoms with E-state index in [2.05, 4.69) is 17.2 Å². The number of nitrogens with one attached hydrogen (secondary N) is 1. The lowest BCUT2D eigenvalue weighted by Crippen LogP contribution is -2.59. The lowest BCUT2D eigenvalue weighted by molar-refractivity contribution is -0.137. The fourth-order valence-corrected chi connectivity index (χ4v) is 7.88. The number of carbonyl (C=O) groups excluding carboxylic acids is 3. The molecule has 2 aromatic carbocycles. The zero-order valence-corrected chi connectivity index (χ0v) is 32.3. The van der Waals surface area contributed by atoms with Crippen molar-refractivity contribution in [2.24, 2.45) is 4.99 Å². The molecule has 3 amide bonds. The molecule has 2 aliphatic heterocycles. The SMILES string of the molecule is CCCCCCCCCCCCOCCCN1C(C(C(=O)Nc2cc(C)ccc2OCCC)N2C(=O)OC(C)(C)C2=O)=Nc2ccccc2S1(=O)=O. The van der Waals surface area contributed by atoms with Gasteiger partial charge in [0, 0.05) is 19.8 Å². The van der Waals surface area contributed by atoms with Crippen molar-refractivity contribution in [3.63, 3.8) is 0 Å². The van der Waals surface area contributed by atoms with E-state index in [1.165, 1.54) is 70.9 Å². The molecule has 1 saturated heterocycles. The van der Waals surface area contributed by atoms with Gasteiger partial charge in [-0.25, -0.2) is 23.1 Å². The van der Waals surface area contributed by atoms with Crippen LogP contribution in [0.3, 0.4) is 0 Å². The molecule has 0 saturated carbocycles. The molecule has 13 heteroatoms. The summed E-state index contributed by atoms with van der Waals surface area (Å²) >= 11 is 0. The molecule has 4 rings (SSSR count). The molecule has 1 atom stereocenters. The van der Waals surface area contributed by atoms with Gasteiger partial charge >= 0.3 is 6.09 Å². The van der Waals surface area contributed by atoms with Gasteiger partial charge in [-0.3, -0.25) is 13.9 Å². The predicted octanol–water partition coefficient (Wildman–Crippen LogP) is 7.91. The number of aryl methyl sites for hydroxylation is 1. The van der Waals surface area contributed by atoms with Gasteiger partial charge in [-0.1, -0.05) is 89.8 Å². The van der Waals surface area contributed by atoms with Crippen molar-refractivity contribution in [3.05, 3.63) is 48.0 Å². The Balaban J connectivity index is 1.54. The largest absolute Gasteiger partial charge is 0.491 e. The standard InChI is InChI=1S/C39H56N4O8S/c1-6-8-9-10-11-12-13-14-15-18-26-49-27-19-24-42-35(40-30-20-16-17-21-33(30)52(42,47)48)34(43-37(45)39(4,5)51-38(43)46)36(44)41-31-28-29(3)22-23-32(31)50-25-7-2/h16-17,20-23,28,34H,6-15,18-19,24-27H2,1-5H3,(H,41,44). The smallest absolute Gasteiger partial charge is 0.418 e. The zero-order valence-electron chi connectivity index (χ0n) is 31.4. The predicted molar refractivity (Wildman–Crippen MR) is 201 cm³/mol. The Hall–Kier alpha value is -3.97. The van der Waals surface area contributed by atoms with Crippen LogP contribution >= 0.6 is 0 Å². The molecule has 12 nitrogen and oxygen atoms in total. The van der Waals surface area contributed by atoms with E-state index in [4.69, 9.17) is 14.2 Å². The van der Waals surface area contributed by atoms with Crippen molar-refractivity contribution in [2.45, 2.75) is 128 Å². The number of amidine groups is 1. The van der Waals surface area contributed by atoms with Gasteiger partial charge in [0.15, 0.2) is 17.5 Å². The topological polar surface area (TPSA) is 144 Å². The first-order valence-electron chi connectivity index (χ1n) is 18.8. The maximum absolute atomic E-state index is 14.4. The van der Waals surface area contributed by atoms with Crippen LogP contribution in [0.5, 0.6) is 5.75 Å². The quantitative estimate of drug-likeness (QED) is 0.120. The third-order valence-corrected chi connectivity index (χ3v) is 10.9. The van der Waals surface area contributed by atoms with E-state index < -0.39 is 39.6 Å². The lowest BCUT2D eigenvalue weighted by atomic mass is 10.1. The fourth-order valence-electron chi connectivity index (χ4n) is 6.26. The monoisotopic (exact) mass is 740 g/mol. The first-order valence-corrected chi connectivity index (χ1v) is 20.3. The molecule has 0 spiro atoms. The van der Waals surface area contributed by atoms with E-state index in [9.17, 15) is 22.8 Å². The Kier molecular flexibility index (Phi) is 15.1. The molecule has 286 valence electrons. The van der Waals surface area contributed by atoms with Gasteiger partial charge in [-0.2, -0.15) is 0 Å². The van der Waals surface area contributed by atoms with Crippen LogP contribution in [0.15, 0.2) is 52.4 Å². The minimum absolute atomic E-state index is 0.0474. The number of sulfonamides is 1. The van der Waals surface area contributed by atoms with Crippen molar-refractivity contribution in [2.75, 3.05) is 31.7 Å². The van der Waals surface area contributed by atoms with E-state index in [0.29, 0.717) is 29.6 Å². The van der Waals surface area contributed by atoms with Crippen molar-refractivity contribution < 1.29 is 37.0 Å². The summed E-state index contributed by atoms with van der Waals surface area (Å²) in [5.41, 5.74) is -0.382. The fraction of sp³-hybridized carbons (Fsp3) is 0.590. The minimum Gasteiger partial charge on any atom is -0.491 e. The maximum atomic E-state index is 14.4. The highest BCUT2D eigenvalue weighted by Gasteiger charge is 2.55. The molecule has 0 bridgehead atoms. The summed E-state index contributed by atoms with van der Waals surface area (Å²) < 4.78 is 46.6. The van der Waals surface area contributed by atoms with Crippen LogP contribution in [-0.4, -0.2) is 79.4 Å². The van der Waals surface area contributed by atoms with E-state index in [-0.39, 0.29) is 36.0 Å². The first-order chi connectivity index (χ1) is 24.9. The van der Waals surface area contributed by atoms with Gasteiger partial charge < -0.3 is 19.5 Å². The number of nitrogens with zero attached hydrogens (tertiary/aromatic N) is 3. The van der Waals surface area contributed by atoms with E-state index in [0.717, 1.165) is 35.6 Å². The molecule has 2 heterocycles. The Bertz CT molecular complexity index is 1680. The lowest BCUT2D eigenvalue weighted by Gasteiger charge is -2.35. The Morgan fingerprint density at radius 2 is 1.54 bits per heavy atom. The molecule has 0 radical (unpaired) electrons. The second-order valence-electron chi connectivity index (χ2n) is 14.0. The van der Waals surface area contributed by atoms with Crippen molar-refractivity contribution >= 4 is 45.1 Å². The van der Waals surface area contributed by atoms with Crippen LogP contribution in [0.4, 0.5) is 16.2 Å². The maximum Gasteiger partial charge on any atom is 0.418 e. The van der Waals surface area contributed by atoms with Gasteiger partial charge in [-0.05, 0) is 69.9 Å². The molecular weight excluding hydrogens is 685 g/mol. The molecule has 2 aliphatic rings. The number of rotatable bonds is 22. The highest BCUT2D eigenvalue weighted by molar-refractivity contribution is 7.90. The third kappa shape index (κ3) is 10.3. The number of carbonyl (C=O) groups is 3. The van der Waals surface area contributed by atoms with Crippen LogP contribution in [0.1, 0.15) is 110 Å². The number of anilines is 1. The molecule has 1 fully saturated rings. The number of para-hydroxylation sites is 1. The van der Waals surface area contributed by atoms with Gasteiger partial charge in [0.25, 0.3) is 21.8 Å². The summed E-state index contributed by atoms with van der Waals surface area (Å²) in [7, 11) is -4.27. The Labute approximate surface area is 309 Å². The third-order valence-electron chi connectivity index (χ3n) is 9.09. The van der Waals surface area contributed by atoms with E-state index in [1.807, 2.05) is 19.9 Å². The molecule has 1 N–H and O–H groups in total. The summed E-state index contributed by atoms with van der Waals surface area (Å²) in [6.45, 7) is 9.96.